The van der Waals surface area contributed by atoms with Crippen LogP contribution in [0.5, 0.6) is 5.75 Å². The number of rotatable bonds is 4. The highest BCUT2D eigenvalue weighted by atomic mass is 31.2. The third kappa shape index (κ3) is 5.71. The van der Waals surface area contributed by atoms with Gasteiger partial charge in [0.1, 0.15) is 5.75 Å². The Kier molecular flexibility index (Phi) is 5.99. The molecule has 1 saturated heterocycles. The Hall–Kier alpha value is 0.190. The Morgan fingerprint density at radius 1 is 1.00 bits per heavy atom. The smallest absolute Gasteiger partial charge is 0.148 e. The Morgan fingerprint density at radius 3 is 2.10 bits per heavy atom. The van der Waals surface area contributed by atoms with E-state index in [1.54, 1.807) is 0 Å². The van der Waals surface area contributed by atoms with Gasteiger partial charge in [0.2, 0.25) is 0 Å². The normalized spacial score (nSPS) is 21.2. The first-order chi connectivity index (χ1) is 9.76. The van der Waals surface area contributed by atoms with Crippen molar-refractivity contribution in [3.63, 3.8) is 0 Å². The third-order valence-electron chi connectivity index (χ3n) is 3.24. The number of benzene rings is 1. The molecule has 1 aliphatic heterocycles. The second-order valence-electron chi connectivity index (χ2n) is 7.13. The van der Waals surface area contributed by atoms with E-state index in [0.717, 1.165) is 12.2 Å². The maximum atomic E-state index is 5.86. The van der Waals surface area contributed by atoms with Crippen molar-refractivity contribution in [3.8, 4) is 5.75 Å². The molecule has 0 spiro atoms. The van der Waals surface area contributed by atoms with Gasteiger partial charge in [-0.1, -0.05) is 51.4 Å². The van der Waals surface area contributed by atoms with Gasteiger partial charge in [-0.05, 0) is 34.9 Å². The van der Waals surface area contributed by atoms with E-state index < -0.39 is 0 Å². The molecule has 2 atom stereocenters. The molecule has 0 aliphatic carbocycles. The summed E-state index contributed by atoms with van der Waals surface area (Å²) in [7, 11) is 1.68. The van der Waals surface area contributed by atoms with Crippen LogP contribution in [0.1, 0.15) is 46.6 Å². The van der Waals surface area contributed by atoms with Gasteiger partial charge in [-0.2, -0.15) is 0 Å². The van der Waals surface area contributed by atoms with Crippen molar-refractivity contribution in [1.82, 2.24) is 14.3 Å². The molecule has 0 aromatic heterocycles. The lowest BCUT2D eigenvalue weighted by Gasteiger charge is -2.33. The highest BCUT2D eigenvalue weighted by Crippen LogP contribution is 2.39. The maximum Gasteiger partial charge on any atom is 0.148 e. The summed E-state index contributed by atoms with van der Waals surface area (Å²) in [5, 5.41) is 0. The van der Waals surface area contributed by atoms with E-state index >= 15 is 0 Å². The van der Waals surface area contributed by atoms with E-state index in [1.807, 2.05) is 4.60 Å². The highest BCUT2D eigenvalue weighted by Gasteiger charge is 2.27. The molecule has 1 fully saturated rings. The minimum Gasteiger partial charge on any atom is -0.397 e. The summed E-state index contributed by atoms with van der Waals surface area (Å²) < 4.78 is 1.94. The second-order valence-corrected chi connectivity index (χ2v) is 11.1. The fourth-order valence-electron chi connectivity index (χ4n) is 2.76. The van der Waals surface area contributed by atoms with Crippen molar-refractivity contribution in [2.75, 3.05) is 0 Å². The van der Waals surface area contributed by atoms with Crippen molar-refractivity contribution in [3.05, 3.63) is 29.8 Å². The molecule has 2 rings (SSSR count). The zero-order valence-electron chi connectivity index (χ0n) is 13.4. The predicted octanol–water partition coefficient (Wildman–Crippen LogP) is 4.71. The third-order valence-corrected chi connectivity index (χ3v) is 6.40. The van der Waals surface area contributed by atoms with Crippen molar-refractivity contribution >= 4 is 26.6 Å². The first-order valence-electron chi connectivity index (χ1n) is 7.11. The number of nitrogens with one attached hydrogen (secondary N) is 2. The summed E-state index contributed by atoms with van der Waals surface area (Å²) in [5.74, 6) is 0.902. The Bertz CT molecular complexity index is 454. The first kappa shape index (κ1) is 17.5. The number of hydrogen-bond donors (Lipinski definition) is 2. The van der Waals surface area contributed by atoms with Gasteiger partial charge in [0.05, 0.1) is 17.8 Å². The fraction of sp³-hybridized carbons (Fsp3) is 0.571. The molecule has 7 heteroatoms. The Morgan fingerprint density at radius 2 is 1.57 bits per heavy atom. The standard InChI is InChI=1S/C14H26N3OP3/c1-13(2,3)10-14(4,5)11-6-8-12(9-7-11)18-17-20-15-19-16-21-17/h6-9,15-16,19-21H,10H2,1-5H3. The van der Waals surface area contributed by atoms with E-state index in [1.165, 1.54) is 5.56 Å². The molecule has 2 N–H and O–H groups in total. The Balaban J connectivity index is 2.00. The van der Waals surface area contributed by atoms with Crippen LogP contribution in [0.2, 0.25) is 0 Å². The quantitative estimate of drug-likeness (QED) is 0.775. The average Bonchev–Trinajstić information content (AvgIpc) is 2.38. The minimum atomic E-state index is 0.176. The predicted molar refractivity (Wildman–Crippen MR) is 97.2 cm³/mol. The van der Waals surface area contributed by atoms with E-state index in [2.05, 4.69) is 68.6 Å². The van der Waals surface area contributed by atoms with Crippen molar-refractivity contribution in [2.24, 2.45) is 5.41 Å². The molecule has 0 radical (unpaired) electrons. The summed E-state index contributed by atoms with van der Waals surface area (Å²) in [6, 6.07) is 8.54. The van der Waals surface area contributed by atoms with Gasteiger partial charge in [-0.3, -0.25) is 9.72 Å². The van der Waals surface area contributed by atoms with Gasteiger partial charge in [-0.15, -0.1) is 0 Å². The topological polar surface area (TPSA) is 36.5 Å². The van der Waals surface area contributed by atoms with Crippen LogP contribution >= 0.6 is 26.6 Å². The molecule has 0 bridgehead atoms. The molecule has 1 aromatic rings. The lowest BCUT2D eigenvalue weighted by molar-refractivity contribution is 0.146. The molecule has 1 heterocycles. The fourth-order valence-corrected chi connectivity index (χ4v) is 6.37. The van der Waals surface area contributed by atoms with Gasteiger partial charge in [0, 0.05) is 8.88 Å². The largest absolute Gasteiger partial charge is 0.397 e. The molecular formula is C14H26N3OP3. The van der Waals surface area contributed by atoms with Crippen LogP contribution in [-0.2, 0) is 5.41 Å². The van der Waals surface area contributed by atoms with Crippen LogP contribution in [0, 0.1) is 5.41 Å². The number of hydrogen-bond acceptors (Lipinski definition) is 4. The first-order valence-corrected chi connectivity index (χ1v) is 10.0. The molecule has 0 saturated carbocycles. The zero-order valence-corrected chi connectivity index (χ0v) is 16.4. The van der Waals surface area contributed by atoms with Crippen LogP contribution < -0.4 is 14.6 Å². The van der Waals surface area contributed by atoms with Crippen molar-refractivity contribution in [1.29, 1.82) is 0 Å². The molecule has 0 amide bonds. The zero-order chi connectivity index (χ0) is 15.5. The molecule has 21 heavy (non-hydrogen) atoms. The van der Waals surface area contributed by atoms with E-state index in [0.29, 0.717) is 32.1 Å². The second kappa shape index (κ2) is 7.18. The average molecular weight is 345 g/mol. The molecule has 4 nitrogen and oxygen atoms in total. The number of nitrogens with zero attached hydrogens (tertiary/aromatic N) is 1. The molecule has 1 aromatic carbocycles. The lowest BCUT2D eigenvalue weighted by Crippen LogP contribution is -2.24. The van der Waals surface area contributed by atoms with Gasteiger partial charge < -0.3 is 4.84 Å². The molecular weight excluding hydrogens is 319 g/mol. The van der Waals surface area contributed by atoms with Crippen LogP contribution in [0.3, 0.4) is 0 Å². The monoisotopic (exact) mass is 345 g/mol. The van der Waals surface area contributed by atoms with Gasteiger partial charge in [0.25, 0.3) is 0 Å². The summed E-state index contributed by atoms with van der Waals surface area (Å²) in [6.45, 7) is 11.5. The van der Waals surface area contributed by atoms with Gasteiger partial charge >= 0.3 is 0 Å². The van der Waals surface area contributed by atoms with E-state index in [4.69, 9.17) is 4.84 Å². The van der Waals surface area contributed by atoms with Crippen LogP contribution in [0.15, 0.2) is 24.3 Å². The van der Waals surface area contributed by atoms with Crippen LogP contribution in [0.4, 0.5) is 0 Å². The lowest BCUT2D eigenvalue weighted by atomic mass is 9.72. The summed E-state index contributed by atoms with van der Waals surface area (Å²) in [4.78, 5) is 12.4. The van der Waals surface area contributed by atoms with Crippen LogP contribution in [0.25, 0.3) is 0 Å². The van der Waals surface area contributed by atoms with Gasteiger partial charge in [0.15, 0.2) is 0 Å². The van der Waals surface area contributed by atoms with Crippen LogP contribution in [-0.4, -0.2) is 4.60 Å². The minimum absolute atomic E-state index is 0.176. The molecule has 2 unspecified atom stereocenters. The summed E-state index contributed by atoms with van der Waals surface area (Å²) >= 11 is 0. The highest BCUT2D eigenvalue weighted by molar-refractivity contribution is 7.65. The molecule has 1 aliphatic rings. The van der Waals surface area contributed by atoms with Crippen molar-refractivity contribution in [2.45, 2.75) is 46.5 Å². The van der Waals surface area contributed by atoms with E-state index in [-0.39, 0.29) is 5.41 Å². The molecule has 118 valence electrons. The summed E-state index contributed by atoms with van der Waals surface area (Å²) in [6.07, 6.45) is 1.16. The Labute approximate surface area is 133 Å². The maximum absolute atomic E-state index is 5.86. The van der Waals surface area contributed by atoms with E-state index in [9.17, 15) is 0 Å². The summed E-state index contributed by atoms with van der Waals surface area (Å²) in [5.41, 5.74) is 1.87. The van der Waals surface area contributed by atoms with Crippen molar-refractivity contribution < 1.29 is 4.84 Å². The SMILES string of the molecule is CC(C)(C)CC(C)(C)c1ccc(ON2PNPNP2)cc1. The van der Waals surface area contributed by atoms with Gasteiger partial charge in [-0.25, -0.2) is 0 Å².